The van der Waals surface area contributed by atoms with E-state index in [0.717, 1.165) is 12.3 Å². The number of fused-ring (bicyclic) bond motifs is 2. The highest BCUT2D eigenvalue weighted by atomic mass is 19.4. The first-order valence-electron chi connectivity index (χ1n) is 7.95. The summed E-state index contributed by atoms with van der Waals surface area (Å²) < 4.78 is 75.2. The standard InChI is InChI=1S/C11H16O2.C5H6F6O/c1-7(2)11(12)13-10-6-8-3-4-9(10)5-8;1-2-3(12,4(6,7)8)5(9,10)11/h8-10H,1,3-6H2,2H3;12H,2H2,1H3. The molecule has 3 nitrogen and oxygen atoms in total. The van der Waals surface area contributed by atoms with Gasteiger partial charge in [-0.2, -0.15) is 26.3 Å². The highest BCUT2D eigenvalue weighted by Gasteiger charge is 2.69. The molecule has 3 atom stereocenters. The van der Waals surface area contributed by atoms with E-state index >= 15 is 0 Å². The van der Waals surface area contributed by atoms with Crippen LogP contribution in [0.4, 0.5) is 26.3 Å². The van der Waals surface area contributed by atoms with E-state index in [1.807, 2.05) is 0 Å². The molecule has 2 bridgehead atoms. The van der Waals surface area contributed by atoms with Crippen molar-refractivity contribution in [2.24, 2.45) is 11.8 Å². The van der Waals surface area contributed by atoms with Gasteiger partial charge >= 0.3 is 18.3 Å². The Morgan fingerprint density at radius 2 is 1.64 bits per heavy atom. The summed E-state index contributed by atoms with van der Waals surface area (Å²) in [5.74, 6) is 1.26. The third-order valence-electron chi connectivity index (χ3n) is 4.73. The van der Waals surface area contributed by atoms with E-state index in [9.17, 15) is 31.1 Å². The normalized spacial score (nSPS) is 26.0. The number of carbonyl (C=O) groups is 1. The van der Waals surface area contributed by atoms with Crippen molar-refractivity contribution in [2.75, 3.05) is 0 Å². The fraction of sp³-hybridized carbons (Fsp3) is 0.812. The van der Waals surface area contributed by atoms with Crippen LogP contribution >= 0.6 is 0 Å². The fourth-order valence-corrected chi connectivity index (χ4v) is 3.13. The third-order valence-corrected chi connectivity index (χ3v) is 4.73. The zero-order valence-electron chi connectivity index (χ0n) is 14.0. The maximum Gasteiger partial charge on any atom is 0.426 e. The number of alkyl halides is 6. The van der Waals surface area contributed by atoms with Gasteiger partial charge in [0.25, 0.3) is 5.60 Å². The lowest BCUT2D eigenvalue weighted by Crippen LogP contribution is -2.56. The fourth-order valence-electron chi connectivity index (χ4n) is 3.13. The van der Waals surface area contributed by atoms with E-state index in [2.05, 4.69) is 6.58 Å². The van der Waals surface area contributed by atoms with Crippen molar-refractivity contribution in [3.63, 3.8) is 0 Å². The van der Waals surface area contributed by atoms with Crippen molar-refractivity contribution in [1.29, 1.82) is 0 Å². The molecular formula is C16H22F6O3. The highest BCUT2D eigenvalue weighted by Crippen LogP contribution is 2.46. The first-order chi connectivity index (χ1) is 11.2. The van der Waals surface area contributed by atoms with Crippen LogP contribution in [0.25, 0.3) is 0 Å². The Balaban J connectivity index is 0.000000252. The summed E-state index contributed by atoms with van der Waals surface area (Å²) in [6.07, 6.45) is -7.66. The second-order valence-electron chi connectivity index (χ2n) is 6.61. The van der Waals surface area contributed by atoms with Crippen LogP contribution in [0.5, 0.6) is 0 Å². The average molecular weight is 376 g/mol. The Hall–Kier alpha value is -1.25. The zero-order valence-corrected chi connectivity index (χ0v) is 14.0. The van der Waals surface area contributed by atoms with Gasteiger partial charge in [-0.1, -0.05) is 13.5 Å². The van der Waals surface area contributed by atoms with Gasteiger partial charge in [0.05, 0.1) is 0 Å². The summed E-state index contributed by atoms with van der Waals surface area (Å²) in [5.41, 5.74) is -4.07. The average Bonchev–Trinajstić information content (AvgIpc) is 3.07. The van der Waals surface area contributed by atoms with Crippen LogP contribution in [0.2, 0.25) is 0 Å². The van der Waals surface area contributed by atoms with Gasteiger partial charge in [-0.15, -0.1) is 0 Å². The third kappa shape index (κ3) is 4.89. The first kappa shape index (κ1) is 21.8. The monoisotopic (exact) mass is 376 g/mol. The van der Waals surface area contributed by atoms with Crippen LogP contribution < -0.4 is 0 Å². The quantitative estimate of drug-likeness (QED) is 0.447. The second-order valence-corrected chi connectivity index (χ2v) is 6.61. The van der Waals surface area contributed by atoms with E-state index < -0.39 is 24.4 Å². The topological polar surface area (TPSA) is 46.5 Å². The molecule has 0 aliphatic heterocycles. The molecule has 2 fully saturated rings. The summed E-state index contributed by atoms with van der Waals surface area (Å²) in [5, 5.41) is 8.24. The number of halogens is 6. The van der Waals surface area contributed by atoms with E-state index in [4.69, 9.17) is 9.84 Å². The van der Waals surface area contributed by atoms with Gasteiger partial charge < -0.3 is 9.84 Å². The lowest BCUT2D eigenvalue weighted by molar-refractivity contribution is -0.368. The lowest BCUT2D eigenvalue weighted by atomic mass is 9.98. The second kappa shape index (κ2) is 7.55. The van der Waals surface area contributed by atoms with Crippen molar-refractivity contribution in [1.82, 2.24) is 0 Å². The Morgan fingerprint density at radius 3 is 1.88 bits per heavy atom. The van der Waals surface area contributed by atoms with E-state index in [1.54, 1.807) is 6.92 Å². The SMILES string of the molecule is C=C(C)C(=O)OC1CC2CCC1C2.CCC(O)(C(F)(F)F)C(F)(F)F. The summed E-state index contributed by atoms with van der Waals surface area (Å²) in [7, 11) is 0. The van der Waals surface area contributed by atoms with Crippen LogP contribution in [0.1, 0.15) is 46.0 Å². The first-order valence-corrected chi connectivity index (χ1v) is 7.95. The summed E-state index contributed by atoms with van der Waals surface area (Å²) in [4.78, 5) is 11.3. The van der Waals surface area contributed by atoms with Crippen LogP contribution in [0.15, 0.2) is 12.2 Å². The van der Waals surface area contributed by atoms with E-state index in [1.165, 1.54) is 19.3 Å². The summed E-state index contributed by atoms with van der Waals surface area (Å²) >= 11 is 0. The van der Waals surface area contributed by atoms with Gasteiger partial charge in [-0.3, -0.25) is 0 Å². The Kier molecular flexibility index (Phi) is 6.58. The maximum absolute atomic E-state index is 11.6. The molecule has 9 heteroatoms. The van der Waals surface area contributed by atoms with Gasteiger partial charge in [0.1, 0.15) is 6.10 Å². The number of carbonyl (C=O) groups excluding carboxylic acids is 1. The predicted octanol–water partition coefficient (Wildman–Crippen LogP) is 4.55. The number of ether oxygens (including phenoxy) is 1. The van der Waals surface area contributed by atoms with Crippen molar-refractivity contribution in [3.8, 4) is 0 Å². The van der Waals surface area contributed by atoms with Gasteiger partial charge in [-0.25, -0.2) is 4.79 Å². The molecule has 1 N–H and O–H groups in total. The molecule has 0 spiro atoms. The van der Waals surface area contributed by atoms with Gasteiger partial charge in [0.15, 0.2) is 0 Å². The minimum Gasteiger partial charge on any atom is -0.459 e. The van der Waals surface area contributed by atoms with Gasteiger partial charge in [0.2, 0.25) is 0 Å². The summed E-state index contributed by atoms with van der Waals surface area (Å²) in [6, 6.07) is 0. The van der Waals surface area contributed by atoms with Crippen molar-refractivity contribution in [3.05, 3.63) is 12.2 Å². The minimum atomic E-state index is -5.68. The van der Waals surface area contributed by atoms with Crippen molar-refractivity contribution < 1.29 is 41.0 Å². The molecule has 0 aromatic heterocycles. The molecule has 2 saturated carbocycles. The van der Waals surface area contributed by atoms with Crippen LogP contribution in [0.3, 0.4) is 0 Å². The minimum absolute atomic E-state index is 0.197. The number of esters is 1. The number of aliphatic hydroxyl groups is 1. The number of hydrogen-bond acceptors (Lipinski definition) is 3. The molecule has 2 aliphatic rings. The van der Waals surface area contributed by atoms with E-state index in [-0.39, 0.29) is 12.1 Å². The van der Waals surface area contributed by atoms with Gasteiger partial charge in [0, 0.05) is 5.57 Å². The molecule has 0 heterocycles. The molecule has 2 rings (SSSR count). The number of hydrogen-bond donors (Lipinski definition) is 1. The van der Waals surface area contributed by atoms with Crippen LogP contribution in [-0.2, 0) is 9.53 Å². The summed E-state index contributed by atoms with van der Waals surface area (Å²) in [6.45, 7) is 5.90. The molecule has 25 heavy (non-hydrogen) atoms. The Labute approximate surface area is 142 Å². The highest BCUT2D eigenvalue weighted by molar-refractivity contribution is 5.87. The molecule has 0 radical (unpaired) electrons. The van der Waals surface area contributed by atoms with Gasteiger partial charge in [-0.05, 0) is 50.9 Å². The van der Waals surface area contributed by atoms with Crippen molar-refractivity contribution in [2.45, 2.75) is 70.0 Å². The molecule has 0 aromatic rings. The molecule has 2 aliphatic carbocycles. The molecule has 0 amide bonds. The lowest BCUT2D eigenvalue weighted by Gasteiger charge is -2.30. The van der Waals surface area contributed by atoms with Crippen LogP contribution in [0, 0.1) is 11.8 Å². The largest absolute Gasteiger partial charge is 0.459 e. The predicted molar refractivity (Wildman–Crippen MR) is 77.5 cm³/mol. The molecular weight excluding hydrogens is 354 g/mol. The smallest absolute Gasteiger partial charge is 0.426 e. The van der Waals surface area contributed by atoms with E-state index in [0.29, 0.717) is 18.4 Å². The van der Waals surface area contributed by atoms with Crippen molar-refractivity contribution >= 4 is 5.97 Å². The molecule has 3 unspecified atom stereocenters. The maximum atomic E-state index is 11.6. The number of rotatable bonds is 3. The molecule has 146 valence electrons. The zero-order chi connectivity index (χ0) is 19.6. The Morgan fingerprint density at radius 1 is 1.12 bits per heavy atom. The van der Waals surface area contributed by atoms with Crippen LogP contribution in [-0.4, -0.2) is 35.1 Å². The molecule has 0 saturated heterocycles. The molecule has 0 aromatic carbocycles. The Bertz CT molecular complexity index is 483.